The van der Waals surface area contributed by atoms with Crippen LogP contribution in [0, 0.1) is 0 Å². The Balaban J connectivity index is 3.04. The maximum absolute atomic E-state index is 11.6. The molecule has 1 aromatic carbocycles. The quantitative estimate of drug-likeness (QED) is 0.764. The number of nitrogens with one attached hydrogen (secondary N) is 1. The molecule has 0 aliphatic carbocycles. The summed E-state index contributed by atoms with van der Waals surface area (Å²) in [5, 5.41) is 11.0. The highest BCUT2D eigenvalue weighted by Crippen LogP contribution is 2.31. The molecule has 0 aliphatic rings. The number of esters is 1. The summed E-state index contributed by atoms with van der Waals surface area (Å²) in [6, 6.07) is 3.17. The molecule has 0 saturated carbocycles. The molecule has 0 radical (unpaired) electrons. The van der Waals surface area contributed by atoms with Crippen LogP contribution < -0.4 is 5.32 Å². The zero-order valence-corrected chi connectivity index (χ0v) is 13.1. The van der Waals surface area contributed by atoms with E-state index in [9.17, 15) is 9.59 Å². The number of amides is 1. The smallest absolute Gasteiger partial charge is 0.411 e. The number of ether oxygens (including phenoxy) is 2. The largest absolute Gasteiger partial charge is 0.465 e. The number of carbonyl (C=O) groups is 2. The summed E-state index contributed by atoms with van der Waals surface area (Å²) < 4.78 is 10.4. The number of hydrogen-bond donors (Lipinski definition) is 2. The van der Waals surface area contributed by atoms with Crippen LogP contribution in [-0.2, 0) is 9.47 Å². The normalized spacial score (nSPS) is 9.89. The lowest BCUT2D eigenvalue weighted by atomic mass is 10.2. The van der Waals surface area contributed by atoms with Gasteiger partial charge in [-0.2, -0.15) is 0 Å². The first kappa shape index (κ1) is 15.9. The Morgan fingerprint density at radius 3 is 2.63 bits per heavy atom. The van der Waals surface area contributed by atoms with Crippen LogP contribution in [0.15, 0.2) is 21.1 Å². The van der Waals surface area contributed by atoms with Crippen LogP contribution in [0.5, 0.6) is 0 Å². The summed E-state index contributed by atoms with van der Waals surface area (Å²) in [6.07, 6.45) is -0.776. The molecule has 0 heterocycles. The number of carbonyl (C=O) groups excluding carboxylic acids is 2. The van der Waals surface area contributed by atoms with E-state index in [0.29, 0.717) is 8.95 Å². The Morgan fingerprint density at radius 1 is 1.37 bits per heavy atom. The second-order valence-corrected chi connectivity index (χ2v) is 5.06. The number of benzene rings is 1. The van der Waals surface area contributed by atoms with Gasteiger partial charge in [0.15, 0.2) is 0 Å². The molecule has 0 aromatic heterocycles. The highest BCUT2D eigenvalue weighted by molar-refractivity contribution is 9.11. The second kappa shape index (κ2) is 7.46. The minimum absolute atomic E-state index is 0.131. The molecule has 0 atom stereocenters. The maximum atomic E-state index is 11.6. The lowest BCUT2D eigenvalue weighted by Crippen LogP contribution is -2.18. The van der Waals surface area contributed by atoms with E-state index >= 15 is 0 Å². The van der Waals surface area contributed by atoms with Gasteiger partial charge in [-0.25, -0.2) is 9.59 Å². The summed E-state index contributed by atoms with van der Waals surface area (Å²) in [5.41, 5.74) is 0.405. The van der Waals surface area contributed by atoms with E-state index in [1.807, 2.05) is 0 Å². The second-order valence-electron chi connectivity index (χ2n) is 3.29. The molecule has 0 saturated heterocycles. The lowest BCUT2D eigenvalue weighted by molar-refractivity contribution is 0.0601. The van der Waals surface area contributed by atoms with Gasteiger partial charge in [0.25, 0.3) is 0 Å². The van der Waals surface area contributed by atoms with Gasteiger partial charge in [-0.3, -0.25) is 5.32 Å². The van der Waals surface area contributed by atoms with Gasteiger partial charge in [0.05, 0.1) is 25.0 Å². The van der Waals surface area contributed by atoms with Crippen molar-refractivity contribution >= 4 is 49.6 Å². The summed E-state index contributed by atoms with van der Waals surface area (Å²) in [6.45, 7) is -0.410. The number of hydrogen-bond acceptors (Lipinski definition) is 5. The number of aliphatic hydroxyl groups is 1. The zero-order valence-electron chi connectivity index (χ0n) is 9.91. The summed E-state index contributed by atoms with van der Waals surface area (Å²) in [7, 11) is 1.24. The molecule has 0 spiro atoms. The summed E-state index contributed by atoms with van der Waals surface area (Å²) >= 11 is 6.47. The van der Waals surface area contributed by atoms with Crippen LogP contribution in [-0.4, -0.2) is 37.5 Å². The highest BCUT2D eigenvalue weighted by Gasteiger charge is 2.18. The standard InChI is InChI=1S/C11H11Br2NO5/c1-18-10(16)7-4-6(12)5-8(13)9(7)14-11(17)19-3-2-15/h4-5,15H,2-3H2,1H3,(H,14,17). The van der Waals surface area contributed by atoms with Gasteiger partial charge in [-0.15, -0.1) is 0 Å². The molecule has 104 valence electrons. The van der Waals surface area contributed by atoms with Crippen molar-refractivity contribution in [1.82, 2.24) is 0 Å². The first-order valence-corrected chi connectivity index (χ1v) is 6.70. The van der Waals surface area contributed by atoms with E-state index in [2.05, 4.69) is 46.7 Å². The van der Waals surface area contributed by atoms with Gasteiger partial charge >= 0.3 is 12.1 Å². The van der Waals surface area contributed by atoms with E-state index in [0.717, 1.165) is 0 Å². The van der Waals surface area contributed by atoms with Crippen molar-refractivity contribution < 1.29 is 24.2 Å². The number of rotatable bonds is 4. The predicted octanol–water partition coefficient (Wildman–Crippen LogP) is 2.54. The molecule has 0 aliphatic heterocycles. The third kappa shape index (κ3) is 4.48. The SMILES string of the molecule is COC(=O)c1cc(Br)cc(Br)c1NC(=O)OCCO. The van der Waals surface area contributed by atoms with Gasteiger partial charge < -0.3 is 14.6 Å². The van der Waals surface area contributed by atoms with Crippen LogP contribution in [0.4, 0.5) is 10.5 Å². The zero-order chi connectivity index (χ0) is 14.4. The molecule has 0 bridgehead atoms. The van der Waals surface area contributed by atoms with Crippen LogP contribution in [0.1, 0.15) is 10.4 Å². The van der Waals surface area contributed by atoms with Crippen LogP contribution in [0.25, 0.3) is 0 Å². The minimum Gasteiger partial charge on any atom is -0.465 e. The van der Waals surface area contributed by atoms with Crippen molar-refractivity contribution in [3.05, 3.63) is 26.6 Å². The fourth-order valence-electron chi connectivity index (χ4n) is 1.25. The van der Waals surface area contributed by atoms with Crippen molar-refractivity contribution in [1.29, 1.82) is 0 Å². The van der Waals surface area contributed by atoms with E-state index in [-0.39, 0.29) is 24.5 Å². The van der Waals surface area contributed by atoms with Crippen LogP contribution in [0.2, 0.25) is 0 Å². The minimum atomic E-state index is -0.776. The molecule has 0 unspecified atom stereocenters. The fraction of sp³-hybridized carbons (Fsp3) is 0.273. The Morgan fingerprint density at radius 2 is 2.05 bits per heavy atom. The Labute approximate surface area is 126 Å². The van der Waals surface area contributed by atoms with Crippen LogP contribution >= 0.6 is 31.9 Å². The van der Waals surface area contributed by atoms with Gasteiger partial charge in [0.1, 0.15) is 6.61 Å². The molecule has 1 aromatic rings. The monoisotopic (exact) mass is 395 g/mol. The molecular formula is C11H11Br2NO5. The van der Waals surface area contributed by atoms with E-state index < -0.39 is 12.1 Å². The molecule has 1 amide bonds. The Hall–Kier alpha value is -1.12. The number of aliphatic hydroxyl groups excluding tert-OH is 1. The van der Waals surface area contributed by atoms with E-state index in [1.165, 1.54) is 13.2 Å². The van der Waals surface area contributed by atoms with Gasteiger partial charge in [-0.1, -0.05) is 15.9 Å². The van der Waals surface area contributed by atoms with Crippen LogP contribution in [0.3, 0.4) is 0 Å². The average molecular weight is 397 g/mol. The Bertz CT molecular complexity index is 492. The van der Waals surface area contributed by atoms with E-state index in [1.54, 1.807) is 6.07 Å². The number of anilines is 1. The number of halogens is 2. The summed E-state index contributed by atoms with van der Waals surface area (Å²) in [5.74, 6) is -0.598. The maximum Gasteiger partial charge on any atom is 0.411 e. The average Bonchev–Trinajstić information content (AvgIpc) is 2.38. The molecule has 1 rings (SSSR count). The highest BCUT2D eigenvalue weighted by atomic mass is 79.9. The Kier molecular flexibility index (Phi) is 6.26. The third-order valence-corrected chi connectivity index (χ3v) is 3.10. The molecule has 6 nitrogen and oxygen atoms in total. The van der Waals surface area contributed by atoms with Crippen molar-refractivity contribution in [2.75, 3.05) is 25.6 Å². The molecule has 2 N–H and O–H groups in total. The van der Waals surface area contributed by atoms with Crippen molar-refractivity contribution in [2.45, 2.75) is 0 Å². The van der Waals surface area contributed by atoms with E-state index in [4.69, 9.17) is 5.11 Å². The van der Waals surface area contributed by atoms with Crippen molar-refractivity contribution in [3.63, 3.8) is 0 Å². The third-order valence-electron chi connectivity index (χ3n) is 2.01. The molecule has 19 heavy (non-hydrogen) atoms. The molecular weight excluding hydrogens is 386 g/mol. The fourth-order valence-corrected chi connectivity index (χ4v) is 2.57. The predicted molar refractivity (Wildman–Crippen MR) is 75.2 cm³/mol. The first-order chi connectivity index (χ1) is 8.99. The topological polar surface area (TPSA) is 84.9 Å². The molecule has 8 heteroatoms. The van der Waals surface area contributed by atoms with Gasteiger partial charge in [-0.05, 0) is 28.1 Å². The first-order valence-electron chi connectivity index (χ1n) is 5.11. The summed E-state index contributed by atoms with van der Waals surface area (Å²) in [4.78, 5) is 23.1. The molecule has 0 fully saturated rings. The lowest BCUT2D eigenvalue weighted by Gasteiger charge is -2.12. The van der Waals surface area contributed by atoms with Gasteiger partial charge in [0, 0.05) is 8.95 Å². The van der Waals surface area contributed by atoms with Crippen molar-refractivity contribution in [3.8, 4) is 0 Å². The van der Waals surface area contributed by atoms with Gasteiger partial charge in [0.2, 0.25) is 0 Å². The van der Waals surface area contributed by atoms with Crippen molar-refractivity contribution in [2.24, 2.45) is 0 Å². The number of methoxy groups -OCH3 is 1.